The number of ether oxygens (including phenoxy) is 2. The molecule has 136 valence electrons. The average Bonchev–Trinajstić information content (AvgIpc) is 2.65. The fourth-order valence-electron chi connectivity index (χ4n) is 4.11. The SMILES string of the molecule is COc1cc(/C=C/C(=O)N2CC[C@H]3CCCC[C@H]3C2)cc(Cl)c1OC. The van der Waals surface area contributed by atoms with Crippen LogP contribution in [0, 0.1) is 11.8 Å². The molecule has 0 spiro atoms. The lowest BCUT2D eigenvalue weighted by Crippen LogP contribution is -2.44. The summed E-state index contributed by atoms with van der Waals surface area (Å²) in [6.45, 7) is 1.78. The Labute approximate surface area is 154 Å². The number of piperidine rings is 1. The highest BCUT2D eigenvalue weighted by atomic mass is 35.5. The van der Waals surface area contributed by atoms with Crippen molar-refractivity contribution in [2.24, 2.45) is 11.8 Å². The highest BCUT2D eigenvalue weighted by Gasteiger charge is 2.32. The van der Waals surface area contributed by atoms with Crippen molar-refractivity contribution < 1.29 is 14.3 Å². The third kappa shape index (κ3) is 4.12. The molecule has 0 radical (unpaired) electrons. The maximum atomic E-state index is 12.6. The van der Waals surface area contributed by atoms with Crippen molar-refractivity contribution in [3.63, 3.8) is 0 Å². The molecule has 1 saturated carbocycles. The van der Waals surface area contributed by atoms with Crippen LogP contribution in [0.5, 0.6) is 11.5 Å². The maximum Gasteiger partial charge on any atom is 0.246 e. The quantitative estimate of drug-likeness (QED) is 0.744. The monoisotopic (exact) mass is 363 g/mol. The molecule has 2 atom stereocenters. The van der Waals surface area contributed by atoms with Gasteiger partial charge in [-0.15, -0.1) is 0 Å². The van der Waals surface area contributed by atoms with Crippen LogP contribution in [0.15, 0.2) is 18.2 Å². The van der Waals surface area contributed by atoms with Crippen LogP contribution in [0.1, 0.15) is 37.7 Å². The summed E-state index contributed by atoms with van der Waals surface area (Å²) in [5, 5.41) is 0.469. The van der Waals surface area contributed by atoms with Crippen LogP contribution >= 0.6 is 11.6 Å². The molecule has 1 aliphatic heterocycles. The molecule has 1 amide bonds. The van der Waals surface area contributed by atoms with E-state index in [1.807, 2.05) is 11.0 Å². The summed E-state index contributed by atoms with van der Waals surface area (Å²) in [7, 11) is 3.12. The maximum absolute atomic E-state index is 12.6. The van der Waals surface area contributed by atoms with E-state index in [0.717, 1.165) is 31.0 Å². The first-order valence-electron chi connectivity index (χ1n) is 9.01. The first kappa shape index (κ1) is 18.1. The molecule has 2 fully saturated rings. The molecule has 0 bridgehead atoms. The fraction of sp³-hybridized carbons (Fsp3) is 0.550. The van der Waals surface area contributed by atoms with Crippen molar-refractivity contribution in [1.82, 2.24) is 4.90 Å². The van der Waals surface area contributed by atoms with Crippen LogP contribution in [-0.4, -0.2) is 38.1 Å². The lowest BCUT2D eigenvalue weighted by atomic mass is 9.75. The number of benzene rings is 1. The molecule has 1 aromatic carbocycles. The van der Waals surface area contributed by atoms with E-state index in [2.05, 4.69) is 0 Å². The smallest absolute Gasteiger partial charge is 0.246 e. The molecule has 4 nitrogen and oxygen atoms in total. The summed E-state index contributed by atoms with van der Waals surface area (Å²) in [5.41, 5.74) is 0.823. The highest BCUT2D eigenvalue weighted by Crippen LogP contribution is 2.37. The Morgan fingerprint density at radius 2 is 1.92 bits per heavy atom. The van der Waals surface area contributed by atoms with E-state index in [-0.39, 0.29) is 5.91 Å². The molecule has 1 saturated heterocycles. The summed E-state index contributed by atoms with van der Waals surface area (Å²) in [4.78, 5) is 14.6. The Kier molecular flexibility index (Phi) is 5.89. The van der Waals surface area contributed by atoms with Gasteiger partial charge in [0.05, 0.1) is 19.2 Å². The van der Waals surface area contributed by atoms with E-state index in [1.54, 1.807) is 32.4 Å². The summed E-state index contributed by atoms with van der Waals surface area (Å²) in [6, 6.07) is 3.60. The molecule has 5 heteroatoms. The van der Waals surface area contributed by atoms with Gasteiger partial charge in [-0.25, -0.2) is 0 Å². The number of rotatable bonds is 4. The Morgan fingerprint density at radius 3 is 2.64 bits per heavy atom. The zero-order chi connectivity index (χ0) is 17.8. The van der Waals surface area contributed by atoms with Gasteiger partial charge >= 0.3 is 0 Å². The Morgan fingerprint density at radius 1 is 1.16 bits per heavy atom. The van der Waals surface area contributed by atoms with Gasteiger partial charge in [-0.05, 0) is 48.4 Å². The molecule has 0 unspecified atom stereocenters. The van der Waals surface area contributed by atoms with Crippen molar-refractivity contribution in [3.05, 3.63) is 28.8 Å². The summed E-state index contributed by atoms with van der Waals surface area (Å²) in [5.74, 6) is 2.66. The molecular weight excluding hydrogens is 338 g/mol. The van der Waals surface area contributed by atoms with E-state index in [4.69, 9.17) is 21.1 Å². The summed E-state index contributed by atoms with van der Waals surface area (Å²) in [6.07, 6.45) is 9.85. The van der Waals surface area contributed by atoms with Gasteiger partial charge in [0.25, 0.3) is 0 Å². The van der Waals surface area contributed by atoms with Crippen molar-refractivity contribution in [2.75, 3.05) is 27.3 Å². The molecule has 0 aromatic heterocycles. The van der Waals surface area contributed by atoms with Gasteiger partial charge in [0.2, 0.25) is 5.91 Å². The second-order valence-corrected chi connectivity index (χ2v) is 7.36. The average molecular weight is 364 g/mol. The first-order valence-corrected chi connectivity index (χ1v) is 9.38. The zero-order valence-electron chi connectivity index (χ0n) is 15.0. The van der Waals surface area contributed by atoms with Crippen molar-refractivity contribution in [3.8, 4) is 11.5 Å². The first-order chi connectivity index (χ1) is 12.1. The van der Waals surface area contributed by atoms with Crippen LogP contribution in [0.3, 0.4) is 0 Å². The third-order valence-corrected chi connectivity index (χ3v) is 5.76. The highest BCUT2D eigenvalue weighted by molar-refractivity contribution is 6.32. The standard InChI is InChI=1S/C20H26ClNO3/c1-24-18-12-14(11-17(21)20(18)25-2)7-8-19(23)22-10-9-15-5-3-4-6-16(15)13-22/h7-8,11-12,15-16H,3-6,9-10,13H2,1-2H3/b8-7+/t15-,16+/m1/s1. The lowest BCUT2D eigenvalue weighted by Gasteiger charge is -2.41. The number of fused-ring (bicyclic) bond motifs is 1. The predicted octanol–water partition coefficient (Wildman–Crippen LogP) is 4.41. The largest absolute Gasteiger partial charge is 0.493 e. The number of halogens is 1. The minimum Gasteiger partial charge on any atom is -0.493 e. The molecule has 0 N–H and O–H groups in total. The van der Waals surface area contributed by atoms with E-state index in [0.29, 0.717) is 22.4 Å². The summed E-state index contributed by atoms with van der Waals surface area (Å²) < 4.78 is 10.5. The normalized spacial score (nSPS) is 23.4. The van der Waals surface area contributed by atoms with Gasteiger partial charge in [0.15, 0.2) is 11.5 Å². The zero-order valence-corrected chi connectivity index (χ0v) is 15.7. The number of carbonyl (C=O) groups excluding carboxylic acids is 1. The molecule has 2 aliphatic rings. The van der Waals surface area contributed by atoms with Gasteiger partial charge in [-0.3, -0.25) is 4.79 Å². The lowest BCUT2D eigenvalue weighted by molar-refractivity contribution is -0.128. The van der Waals surface area contributed by atoms with Gasteiger partial charge in [-0.2, -0.15) is 0 Å². The number of hydrogen-bond donors (Lipinski definition) is 0. The Bertz CT molecular complexity index is 659. The molecular formula is C20H26ClNO3. The second kappa shape index (κ2) is 8.13. The number of carbonyl (C=O) groups is 1. The van der Waals surface area contributed by atoms with E-state index >= 15 is 0 Å². The third-order valence-electron chi connectivity index (χ3n) is 5.48. The molecule has 1 heterocycles. The number of amides is 1. The number of likely N-dealkylation sites (tertiary alicyclic amines) is 1. The number of hydrogen-bond acceptors (Lipinski definition) is 3. The molecule has 1 aliphatic carbocycles. The van der Waals surface area contributed by atoms with Crippen LogP contribution in [0.4, 0.5) is 0 Å². The number of methoxy groups -OCH3 is 2. The van der Waals surface area contributed by atoms with Crippen molar-refractivity contribution in [1.29, 1.82) is 0 Å². The van der Waals surface area contributed by atoms with E-state index < -0.39 is 0 Å². The molecule has 25 heavy (non-hydrogen) atoms. The van der Waals surface area contributed by atoms with Gasteiger partial charge in [0.1, 0.15) is 0 Å². The Balaban J connectivity index is 1.67. The van der Waals surface area contributed by atoms with E-state index in [1.165, 1.54) is 25.7 Å². The van der Waals surface area contributed by atoms with Crippen LogP contribution in [-0.2, 0) is 4.79 Å². The van der Waals surface area contributed by atoms with Gasteiger partial charge < -0.3 is 14.4 Å². The Hall–Kier alpha value is -1.68. The number of nitrogens with zero attached hydrogens (tertiary/aromatic N) is 1. The molecule has 3 rings (SSSR count). The minimum atomic E-state index is 0.0786. The molecule has 1 aromatic rings. The van der Waals surface area contributed by atoms with Crippen LogP contribution in [0.2, 0.25) is 5.02 Å². The van der Waals surface area contributed by atoms with Crippen LogP contribution < -0.4 is 9.47 Å². The van der Waals surface area contributed by atoms with Gasteiger partial charge in [0, 0.05) is 19.2 Å². The van der Waals surface area contributed by atoms with Crippen molar-refractivity contribution in [2.45, 2.75) is 32.1 Å². The summed E-state index contributed by atoms with van der Waals surface area (Å²) >= 11 is 6.22. The topological polar surface area (TPSA) is 38.8 Å². The van der Waals surface area contributed by atoms with Crippen LogP contribution in [0.25, 0.3) is 6.08 Å². The minimum absolute atomic E-state index is 0.0786. The second-order valence-electron chi connectivity index (χ2n) is 6.95. The van der Waals surface area contributed by atoms with E-state index in [9.17, 15) is 4.79 Å². The van der Waals surface area contributed by atoms with Gasteiger partial charge in [-0.1, -0.05) is 30.9 Å². The van der Waals surface area contributed by atoms with Crippen molar-refractivity contribution >= 4 is 23.6 Å². The fourth-order valence-corrected chi connectivity index (χ4v) is 4.40. The predicted molar refractivity (Wildman–Crippen MR) is 100 cm³/mol.